The molecular weight excluding hydrogens is 455 g/mol. The average Bonchev–Trinajstić information content (AvgIpc) is 2.27. The number of hydrogen-bond donors (Lipinski definition) is 9. The largest absolute Gasteiger partial charge is 0.496 e. The number of rotatable bonds is 0. The molecule has 0 radical (unpaired) electrons. The molecule has 0 aliphatic heterocycles. The van der Waals surface area contributed by atoms with E-state index in [1.807, 2.05) is 0 Å². The predicted molar refractivity (Wildman–Crippen MR) is 106 cm³/mol. The van der Waals surface area contributed by atoms with E-state index in [0.29, 0.717) is 0 Å². The van der Waals surface area contributed by atoms with Crippen molar-refractivity contribution >= 4 is 111 Å². The topological polar surface area (TPSA) is 199 Å². The third-order valence-electron chi connectivity index (χ3n) is 0.549. The summed E-state index contributed by atoms with van der Waals surface area (Å²) in [7, 11) is -4.64. The zero-order valence-electron chi connectivity index (χ0n) is 10.3. The molecule has 0 aromatic rings. The third kappa shape index (κ3) is 61.9. The highest BCUT2D eigenvalue weighted by atomic mass is 32.1. The smallest absolute Gasteiger partial charge is 0.466 e. The summed E-state index contributed by atoms with van der Waals surface area (Å²) in [5, 5.41) is 44.1. The minimum Gasteiger partial charge on any atom is -0.496 e. The van der Waals surface area contributed by atoms with Gasteiger partial charge in [-0.2, -0.15) is 0 Å². The maximum Gasteiger partial charge on any atom is 0.466 e. The van der Waals surface area contributed by atoms with Gasteiger partial charge in [-0.3, -0.25) is 0 Å². The highest BCUT2D eigenvalue weighted by Gasteiger charge is 2.00. The Labute approximate surface area is 160 Å². The molecule has 134 valence electrons. The Morgan fingerprint density at radius 2 is 0.522 bits per heavy atom. The lowest BCUT2D eigenvalue weighted by molar-refractivity contribution is 0.275. The molecule has 0 rings (SSSR count). The predicted octanol–water partition coefficient (Wildman–Crippen LogP) is 1.34. The van der Waals surface area contributed by atoms with Gasteiger partial charge in [0.1, 0.15) is 0 Å². The molecule has 0 saturated heterocycles. The van der Waals surface area contributed by atoms with E-state index in [0.717, 1.165) is 0 Å². The van der Waals surface area contributed by atoms with Gasteiger partial charge in [0.25, 0.3) is 0 Å². The second kappa shape index (κ2) is 16.3. The lowest BCUT2D eigenvalue weighted by atomic mass is 10.8. The summed E-state index contributed by atoms with van der Waals surface area (Å²) in [6.07, 6.45) is 0. The summed E-state index contributed by atoms with van der Waals surface area (Å²) in [5.41, 5.74) is 0. The van der Waals surface area contributed by atoms with Crippen LogP contribution in [0.3, 0.4) is 0 Å². The van der Waals surface area contributed by atoms with Crippen molar-refractivity contribution in [3.8, 4) is 0 Å². The second-order valence-corrected chi connectivity index (χ2v) is 5.69. The Hall–Kier alpha value is -0.550. The lowest BCUT2D eigenvalue weighted by Crippen LogP contribution is -2.04. The van der Waals surface area contributed by atoms with Crippen molar-refractivity contribution < 1.29 is 49.9 Å². The molecular formula is C6H9O10PS6. The number of phosphoric acid groups is 1. The van der Waals surface area contributed by atoms with Gasteiger partial charge in [-0.15, -0.1) is 0 Å². The first kappa shape index (κ1) is 30.3. The summed E-state index contributed by atoms with van der Waals surface area (Å²) in [6.45, 7) is 0. The zero-order chi connectivity index (χ0) is 20.0. The standard InChI is InChI=1S/3C2H2O2S2.H3O4P/c3*3-1(5)2(4)6;1-5(2,3)4/h3*(H,3,5)(H,4,6);(H3,1,2,3,4). The molecule has 0 heterocycles. The molecule has 17 heteroatoms. The molecule has 0 bridgehead atoms. The van der Waals surface area contributed by atoms with E-state index < -0.39 is 38.1 Å². The zero-order valence-corrected chi connectivity index (χ0v) is 16.1. The molecule has 0 unspecified atom stereocenters. The molecule has 0 aliphatic carbocycles. The van der Waals surface area contributed by atoms with Crippen LogP contribution in [0.25, 0.3) is 0 Å². The van der Waals surface area contributed by atoms with Gasteiger partial charge in [-0.05, 0) is 73.3 Å². The van der Waals surface area contributed by atoms with Gasteiger partial charge < -0.3 is 45.3 Å². The fraction of sp³-hybridized carbons (Fsp3) is 0. The Bertz CT molecular complexity index is 411. The fourth-order valence-electron chi connectivity index (χ4n) is 0. The normalized spacial score (nSPS) is 8.30. The highest BCUT2D eigenvalue weighted by Crippen LogP contribution is 2.25. The van der Waals surface area contributed by atoms with Crippen molar-refractivity contribution in [2.45, 2.75) is 0 Å². The molecule has 0 aromatic heterocycles. The van der Waals surface area contributed by atoms with Crippen LogP contribution in [0, 0.1) is 0 Å². The SMILES string of the molecule is O=P(O)(O)O.OC(=S)C(O)=S.OC(=S)C(O)=S.OC(=S)C(O)=S. The van der Waals surface area contributed by atoms with Crippen molar-refractivity contribution in [3.63, 3.8) is 0 Å². The maximum absolute atomic E-state index is 8.88. The van der Waals surface area contributed by atoms with Crippen molar-refractivity contribution in [1.29, 1.82) is 0 Å². The summed E-state index contributed by atoms with van der Waals surface area (Å²) < 4.78 is 8.88. The first-order chi connectivity index (χ1) is 9.93. The summed E-state index contributed by atoms with van der Waals surface area (Å²) in [6, 6.07) is 0. The Morgan fingerprint density at radius 3 is 0.522 bits per heavy atom. The lowest BCUT2D eigenvalue weighted by Gasteiger charge is -1.82. The molecule has 10 nitrogen and oxygen atoms in total. The van der Waals surface area contributed by atoms with Crippen LogP contribution in [0.1, 0.15) is 0 Å². The van der Waals surface area contributed by atoms with E-state index in [9.17, 15) is 0 Å². The minimum atomic E-state index is -4.64. The molecule has 0 amide bonds. The van der Waals surface area contributed by atoms with Gasteiger partial charge in [0.2, 0.25) is 30.3 Å². The van der Waals surface area contributed by atoms with Gasteiger partial charge in [-0.1, -0.05) is 0 Å². The summed E-state index contributed by atoms with van der Waals surface area (Å²) >= 11 is 23.9. The Balaban J connectivity index is -0.000000105. The Kier molecular flexibility index (Phi) is 21.5. The Morgan fingerprint density at radius 1 is 0.478 bits per heavy atom. The molecule has 0 fully saturated rings. The monoisotopic (exact) mass is 464 g/mol. The number of aliphatic hydroxyl groups is 6. The van der Waals surface area contributed by atoms with Gasteiger partial charge in [0, 0.05) is 0 Å². The van der Waals surface area contributed by atoms with Crippen molar-refractivity contribution in [1.82, 2.24) is 0 Å². The van der Waals surface area contributed by atoms with Gasteiger partial charge in [0.05, 0.1) is 0 Å². The van der Waals surface area contributed by atoms with E-state index in [1.54, 1.807) is 0 Å². The van der Waals surface area contributed by atoms with Crippen molar-refractivity contribution in [3.05, 3.63) is 0 Å². The van der Waals surface area contributed by atoms with Crippen LogP contribution < -0.4 is 0 Å². The fourth-order valence-corrected chi connectivity index (χ4v) is 0. The quantitative estimate of drug-likeness (QED) is 0.183. The average molecular weight is 465 g/mol. The van der Waals surface area contributed by atoms with E-state index in [4.69, 9.17) is 49.9 Å². The van der Waals surface area contributed by atoms with Crippen LogP contribution in [-0.2, 0) is 4.57 Å². The third-order valence-corrected chi connectivity index (χ3v) is 2.10. The highest BCUT2D eigenvalue weighted by molar-refractivity contribution is 7.89. The summed E-state index contributed by atoms with van der Waals surface area (Å²) in [5.74, 6) is 0. The molecule has 0 spiro atoms. The minimum absolute atomic E-state index is 0.620. The molecule has 23 heavy (non-hydrogen) atoms. The molecule has 9 N–H and O–H groups in total. The number of aliphatic hydroxyl groups excluding tert-OH is 6. The van der Waals surface area contributed by atoms with Gasteiger partial charge in [0.15, 0.2) is 0 Å². The first-order valence-corrected chi connectivity index (χ1v) is 8.11. The van der Waals surface area contributed by atoms with E-state index in [1.165, 1.54) is 0 Å². The van der Waals surface area contributed by atoms with E-state index in [-0.39, 0.29) is 0 Å². The second-order valence-electron chi connectivity index (χ2n) is 2.34. The molecule has 0 atom stereocenters. The van der Waals surface area contributed by atoms with Crippen LogP contribution in [0.2, 0.25) is 0 Å². The van der Waals surface area contributed by atoms with Crippen LogP contribution in [-0.4, -0.2) is 75.6 Å². The number of hydrogen-bond acceptors (Lipinski definition) is 7. The van der Waals surface area contributed by atoms with E-state index >= 15 is 0 Å². The van der Waals surface area contributed by atoms with Crippen molar-refractivity contribution in [2.24, 2.45) is 0 Å². The van der Waals surface area contributed by atoms with E-state index in [2.05, 4.69) is 73.3 Å². The van der Waals surface area contributed by atoms with Crippen LogP contribution in [0.4, 0.5) is 0 Å². The molecule has 0 aromatic carbocycles. The molecule has 0 saturated carbocycles. The van der Waals surface area contributed by atoms with Crippen molar-refractivity contribution in [2.75, 3.05) is 0 Å². The van der Waals surface area contributed by atoms with Crippen LogP contribution in [0.15, 0.2) is 0 Å². The van der Waals surface area contributed by atoms with Gasteiger partial charge in [-0.25, -0.2) is 4.57 Å². The van der Waals surface area contributed by atoms with Gasteiger partial charge >= 0.3 is 7.82 Å². The number of thiocarbonyl (C=S) groups is 6. The van der Waals surface area contributed by atoms with Crippen LogP contribution >= 0.6 is 81.1 Å². The maximum atomic E-state index is 8.88. The summed E-state index contributed by atoms with van der Waals surface area (Å²) in [4.78, 5) is 21.6. The first-order valence-electron chi connectivity index (χ1n) is 4.10. The molecule has 0 aliphatic rings. The van der Waals surface area contributed by atoms with Crippen LogP contribution in [0.5, 0.6) is 0 Å².